The molecule has 0 spiro atoms. The molecule has 2 aromatic carbocycles. The highest BCUT2D eigenvalue weighted by Gasteiger charge is 2.32. The molecule has 0 amide bonds. The largest absolute Gasteiger partial charge is 0.416 e. The van der Waals surface area contributed by atoms with Gasteiger partial charge in [0, 0.05) is 17.1 Å². The maximum Gasteiger partial charge on any atom is 0.416 e. The molecule has 0 aromatic heterocycles. The van der Waals surface area contributed by atoms with Gasteiger partial charge in [0.1, 0.15) is 0 Å². The van der Waals surface area contributed by atoms with Gasteiger partial charge in [-0.05, 0) is 36.2 Å². The van der Waals surface area contributed by atoms with Gasteiger partial charge in [0.2, 0.25) is 0 Å². The van der Waals surface area contributed by atoms with Crippen molar-refractivity contribution in [2.75, 3.05) is 0 Å². The van der Waals surface area contributed by atoms with Crippen molar-refractivity contribution in [3.63, 3.8) is 0 Å². The van der Waals surface area contributed by atoms with Gasteiger partial charge in [0.05, 0.1) is 5.56 Å². The lowest BCUT2D eigenvalue weighted by atomic mass is 10.1. The van der Waals surface area contributed by atoms with Gasteiger partial charge in [0.15, 0.2) is 0 Å². The van der Waals surface area contributed by atoms with Crippen LogP contribution in [0.15, 0.2) is 53.0 Å². The Morgan fingerprint density at radius 3 is 2.48 bits per heavy atom. The second-order valence-corrected chi connectivity index (χ2v) is 5.73. The van der Waals surface area contributed by atoms with Crippen molar-refractivity contribution >= 4 is 15.9 Å². The van der Waals surface area contributed by atoms with E-state index in [0.29, 0.717) is 0 Å². The van der Waals surface area contributed by atoms with E-state index >= 15 is 0 Å². The van der Waals surface area contributed by atoms with Crippen LogP contribution in [0.2, 0.25) is 0 Å². The first kappa shape index (κ1) is 16.0. The highest BCUT2D eigenvalue weighted by atomic mass is 79.9. The summed E-state index contributed by atoms with van der Waals surface area (Å²) in [6, 6.07) is 13.3. The lowest BCUT2D eigenvalue weighted by Gasteiger charge is -2.17. The average Bonchev–Trinajstić information content (AvgIpc) is 2.44. The Kier molecular flexibility index (Phi) is 5.06. The van der Waals surface area contributed by atoms with Crippen LogP contribution in [0.5, 0.6) is 0 Å². The molecule has 0 heterocycles. The van der Waals surface area contributed by atoms with Crippen molar-refractivity contribution in [2.24, 2.45) is 0 Å². The van der Waals surface area contributed by atoms with Crippen LogP contribution in [0.3, 0.4) is 0 Å². The fraction of sp³-hybridized carbons (Fsp3) is 0.250. The second kappa shape index (κ2) is 6.62. The van der Waals surface area contributed by atoms with Crippen LogP contribution in [0.4, 0.5) is 13.2 Å². The van der Waals surface area contributed by atoms with Gasteiger partial charge in [-0.1, -0.05) is 46.3 Å². The van der Waals surface area contributed by atoms with Gasteiger partial charge in [-0.3, -0.25) is 0 Å². The molecule has 0 saturated carbocycles. The molecule has 0 fully saturated rings. The van der Waals surface area contributed by atoms with Crippen LogP contribution in [-0.4, -0.2) is 0 Å². The quantitative estimate of drug-likeness (QED) is 0.780. The average molecular weight is 358 g/mol. The summed E-state index contributed by atoms with van der Waals surface area (Å²) in [5.74, 6) is 0. The van der Waals surface area contributed by atoms with Crippen LogP contribution in [0.25, 0.3) is 0 Å². The first-order chi connectivity index (χ1) is 9.88. The molecule has 0 aliphatic rings. The Hall–Kier alpha value is -1.33. The molecule has 0 radical (unpaired) electrons. The van der Waals surface area contributed by atoms with Gasteiger partial charge in [-0.2, -0.15) is 13.2 Å². The molecular weight excluding hydrogens is 343 g/mol. The summed E-state index contributed by atoms with van der Waals surface area (Å²) >= 11 is 3.39. The van der Waals surface area contributed by atoms with E-state index in [4.69, 9.17) is 0 Å². The van der Waals surface area contributed by atoms with Crippen molar-refractivity contribution in [1.29, 1.82) is 0 Å². The zero-order valence-corrected chi connectivity index (χ0v) is 13.0. The van der Waals surface area contributed by atoms with Gasteiger partial charge in [-0.25, -0.2) is 0 Å². The molecular formula is C16H15BrF3N. The summed E-state index contributed by atoms with van der Waals surface area (Å²) in [5.41, 5.74) is 0.694. The Balaban J connectivity index is 2.10. The third-order valence-corrected chi connectivity index (χ3v) is 3.76. The summed E-state index contributed by atoms with van der Waals surface area (Å²) in [6.45, 7) is 2.10. The van der Waals surface area contributed by atoms with E-state index in [0.717, 1.165) is 16.1 Å². The van der Waals surface area contributed by atoms with E-state index in [1.54, 1.807) is 6.07 Å². The molecule has 0 aliphatic heterocycles. The van der Waals surface area contributed by atoms with Crippen LogP contribution in [-0.2, 0) is 12.7 Å². The molecule has 0 bridgehead atoms. The maximum absolute atomic E-state index is 12.9. The normalized spacial score (nSPS) is 13.2. The summed E-state index contributed by atoms with van der Waals surface area (Å²) in [4.78, 5) is 0. The number of rotatable bonds is 4. The van der Waals surface area contributed by atoms with Crippen molar-refractivity contribution in [2.45, 2.75) is 25.7 Å². The second-order valence-electron chi connectivity index (χ2n) is 4.81. The summed E-state index contributed by atoms with van der Waals surface area (Å²) in [5, 5.41) is 3.13. The molecule has 2 rings (SSSR count). The smallest absolute Gasteiger partial charge is 0.306 e. The minimum Gasteiger partial charge on any atom is -0.306 e. The van der Waals surface area contributed by atoms with Crippen LogP contribution < -0.4 is 5.32 Å². The molecule has 112 valence electrons. The summed E-state index contributed by atoms with van der Waals surface area (Å²) < 4.78 is 39.7. The van der Waals surface area contributed by atoms with Crippen molar-refractivity contribution < 1.29 is 13.2 Å². The highest BCUT2D eigenvalue weighted by Crippen LogP contribution is 2.32. The van der Waals surface area contributed by atoms with Crippen LogP contribution in [0, 0.1) is 0 Å². The topological polar surface area (TPSA) is 12.0 Å². The minimum absolute atomic E-state index is 0.0382. The standard InChI is InChI=1S/C16H15BrF3N/c1-11(12-6-4-7-14(17)9-12)21-10-13-5-2-3-8-15(13)16(18,19)20/h2-9,11,21H,10H2,1H3/t11-/m0/s1. The number of hydrogen-bond donors (Lipinski definition) is 1. The molecule has 0 unspecified atom stereocenters. The fourth-order valence-corrected chi connectivity index (χ4v) is 2.52. The Morgan fingerprint density at radius 2 is 1.81 bits per heavy atom. The Labute approximate surface area is 130 Å². The number of benzene rings is 2. The van der Waals surface area contributed by atoms with E-state index in [-0.39, 0.29) is 18.2 Å². The predicted octanol–water partition coefficient (Wildman–Crippen LogP) is 5.32. The number of halogens is 4. The van der Waals surface area contributed by atoms with E-state index in [9.17, 15) is 13.2 Å². The fourth-order valence-electron chi connectivity index (χ4n) is 2.11. The molecule has 21 heavy (non-hydrogen) atoms. The predicted molar refractivity (Wildman–Crippen MR) is 80.8 cm³/mol. The van der Waals surface area contributed by atoms with E-state index in [1.165, 1.54) is 12.1 Å². The maximum atomic E-state index is 12.9. The van der Waals surface area contributed by atoms with Gasteiger partial charge in [-0.15, -0.1) is 0 Å². The number of nitrogens with one attached hydrogen (secondary N) is 1. The molecule has 1 nitrogen and oxygen atoms in total. The molecule has 0 aliphatic carbocycles. The van der Waals surface area contributed by atoms with E-state index in [1.807, 2.05) is 31.2 Å². The lowest BCUT2D eigenvalue weighted by molar-refractivity contribution is -0.138. The molecule has 0 saturated heterocycles. The van der Waals surface area contributed by atoms with E-state index in [2.05, 4.69) is 21.2 Å². The number of hydrogen-bond acceptors (Lipinski definition) is 1. The first-order valence-corrected chi connectivity index (χ1v) is 7.31. The first-order valence-electron chi connectivity index (χ1n) is 6.52. The van der Waals surface area contributed by atoms with Crippen LogP contribution >= 0.6 is 15.9 Å². The Morgan fingerprint density at radius 1 is 1.10 bits per heavy atom. The SMILES string of the molecule is C[C@H](NCc1ccccc1C(F)(F)F)c1cccc(Br)c1. The summed E-state index contributed by atoms with van der Waals surface area (Å²) in [7, 11) is 0. The zero-order valence-electron chi connectivity index (χ0n) is 11.4. The van der Waals surface area contributed by atoms with Gasteiger partial charge < -0.3 is 5.32 Å². The molecule has 1 atom stereocenters. The van der Waals surface area contributed by atoms with E-state index < -0.39 is 11.7 Å². The lowest BCUT2D eigenvalue weighted by Crippen LogP contribution is -2.20. The van der Waals surface area contributed by atoms with Crippen molar-refractivity contribution in [3.8, 4) is 0 Å². The Bertz CT molecular complexity index is 610. The summed E-state index contributed by atoms with van der Waals surface area (Å²) in [6.07, 6.45) is -4.32. The monoisotopic (exact) mass is 357 g/mol. The third kappa shape index (κ3) is 4.32. The van der Waals surface area contributed by atoms with Crippen LogP contribution in [0.1, 0.15) is 29.7 Å². The van der Waals surface area contributed by atoms with Gasteiger partial charge >= 0.3 is 6.18 Å². The number of alkyl halides is 3. The highest BCUT2D eigenvalue weighted by molar-refractivity contribution is 9.10. The molecule has 5 heteroatoms. The third-order valence-electron chi connectivity index (χ3n) is 3.27. The zero-order chi connectivity index (χ0) is 15.5. The van der Waals surface area contributed by atoms with Gasteiger partial charge in [0.25, 0.3) is 0 Å². The van der Waals surface area contributed by atoms with Crippen molar-refractivity contribution in [3.05, 3.63) is 69.7 Å². The van der Waals surface area contributed by atoms with Crippen molar-refractivity contribution in [1.82, 2.24) is 5.32 Å². The molecule has 1 N–H and O–H groups in total. The minimum atomic E-state index is -4.32. The molecule has 2 aromatic rings.